The van der Waals surface area contributed by atoms with E-state index in [0.717, 1.165) is 0 Å². The summed E-state index contributed by atoms with van der Waals surface area (Å²) in [4.78, 5) is 15.6. The minimum absolute atomic E-state index is 0.207. The summed E-state index contributed by atoms with van der Waals surface area (Å²) in [6.45, 7) is 0. The van der Waals surface area contributed by atoms with Crippen LogP contribution in [0.4, 0.5) is 0 Å². The molecule has 2 rings (SSSR count). The van der Waals surface area contributed by atoms with Gasteiger partial charge < -0.3 is 0 Å². The van der Waals surface area contributed by atoms with Crippen LogP contribution in [0.1, 0.15) is 16.8 Å². The summed E-state index contributed by atoms with van der Waals surface area (Å²) in [6, 6.07) is 9.05. The van der Waals surface area contributed by atoms with Crippen molar-refractivity contribution in [1.82, 2.24) is 0 Å². The van der Waals surface area contributed by atoms with Crippen LogP contribution < -0.4 is 0 Å². The Balaban J connectivity index is 2.17. The molecule has 0 aliphatic heterocycles. The van der Waals surface area contributed by atoms with Crippen LogP contribution in [0.3, 0.4) is 0 Å². The first kappa shape index (κ1) is 9.59. The maximum Gasteiger partial charge on any atom is 0.277 e. The van der Waals surface area contributed by atoms with E-state index in [1.807, 2.05) is 30.4 Å². The Bertz CT molecular complexity index is 441. The SMILES string of the molecule is O=C(N=C1[C]=CC=CC1)c1ccccc1. The van der Waals surface area contributed by atoms with Gasteiger partial charge in [0.15, 0.2) is 0 Å². The van der Waals surface area contributed by atoms with Gasteiger partial charge in [-0.3, -0.25) is 4.79 Å². The van der Waals surface area contributed by atoms with Crippen molar-refractivity contribution in [1.29, 1.82) is 0 Å². The Kier molecular flexibility index (Phi) is 2.88. The molecule has 1 aliphatic carbocycles. The lowest BCUT2D eigenvalue weighted by atomic mass is 10.1. The zero-order valence-electron chi connectivity index (χ0n) is 8.18. The molecule has 0 spiro atoms. The van der Waals surface area contributed by atoms with E-state index >= 15 is 0 Å². The molecule has 0 N–H and O–H groups in total. The third-order valence-corrected chi connectivity index (χ3v) is 2.05. The quantitative estimate of drug-likeness (QED) is 0.678. The summed E-state index contributed by atoms with van der Waals surface area (Å²) in [7, 11) is 0. The number of nitrogens with zero attached hydrogens (tertiary/aromatic N) is 1. The zero-order chi connectivity index (χ0) is 10.5. The van der Waals surface area contributed by atoms with Gasteiger partial charge in [-0.2, -0.15) is 0 Å². The van der Waals surface area contributed by atoms with E-state index in [9.17, 15) is 4.79 Å². The van der Waals surface area contributed by atoms with Crippen molar-refractivity contribution in [2.24, 2.45) is 4.99 Å². The molecule has 1 aromatic rings. The van der Waals surface area contributed by atoms with Crippen molar-refractivity contribution in [3.63, 3.8) is 0 Å². The second-order valence-electron chi connectivity index (χ2n) is 3.17. The van der Waals surface area contributed by atoms with Crippen LogP contribution in [0.5, 0.6) is 0 Å². The number of carbonyl (C=O) groups excluding carboxylic acids is 1. The van der Waals surface area contributed by atoms with E-state index in [1.54, 1.807) is 18.2 Å². The summed E-state index contributed by atoms with van der Waals surface area (Å²) in [6.07, 6.45) is 9.22. The molecule has 73 valence electrons. The fraction of sp³-hybridized carbons (Fsp3) is 0.0769. The molecule has 0 aromatic heterocycles. The average Bonchev–Trinajstić information content (AvgIpc) is 2.31. The maximum atomic E-state index is 11.6. The average molecular weight is 196 g/mol. The van der Waals surface area contributed by atoms with Crippen LogP contribution in [0.25, 0.3) is 0 Å². The third-order valence-electron chi connectivity index (χ3n) is 2.05. The molecule has 0 heterocycles. The maximum absolute atomic E-state index is 11.6. The van der Waals surface area contributed by atoms with Crippen LogP contribution in [0, 0.1) is 6.08 Å². The van der Waals surface area contributed by atoms with Crippen LogP contribution in [-0.2, 0) is 0 Å². The van der Waals surface area contributed by atoms with Crippen molar-refractivity contribution < 1.29 is 4.79 Å². The largest absolute Gasteiger partial charge is 0.277 e. The normalized spacial score (nSPS) is 16.9. The van der Waals surface area contributed by atoms with Gasteiger partial charge in [-0.1, -0.05) is 36.4 Å². The van der Waals surface area contributed by atoms with Crippen LogP contribution in [0.2, 0.25) is 0 Å². The second-order valence-corrected chi connectivity index (χ2v) is 3.17. The fourth-order valence-electron chi connectivity index (χ4n) is 1.30. The molecular formula is C13H10NO. The lowest BCUT2D eigenvalue weighted by Crippen LogP contribution is -2.02. The van der Waals surface area contributed by atoms with Gasteiger partial charge in [0.1, 0.15) is 0 Å². The number of amides is 1. The topological polar surface area (TPSA) is 29.4 Å². The molecule has 0 atom stereocenters. The summed E-state index contributed by atoms with van der Waals surface area (Å²) in [5.74, 6) is -0.207. The number of carbonyl (C=O) groups is 1. The Labute approximate surface area is 88.7 Å². The van der Waals surface area contributed by atoms with Gasteiger partial charge in [0.05, 0.1) is 5.71 Å². The van der Waals surface area contributed by atoms with E-state index < -0.39 is 0 Å². The molecular weight excluding hydrogens is 186 g/mol. The molecule has 0 saturated carbocycles. The van der Waals surface area contributed by atoms with Crippen molar-refractivity contribution in [2.45, 2.75) is 6.42 Å². The highest BCUT2D eigenvalue weighted by Gasteiger charge is 2.04. The standard InChI is InChI=1S/C13H10NO/c15-13(11-7-3-1-4-8-11)14-12-9-5-2-6-10-12/h1-8H,9H2. The fourth-order valence-corrected chi connectivity index (χ4v) is 1.30. The lowest BCUT2D eigenvalue weighted by molar-refractivity contribution is 0.100. The second kappa shape index (κ2) is 4.51. The number of rotatable bonds is 1. The summed E-state index contributed by atoms with van der Waals surface area (Å²) >= 11 is 0. The highest BCUT2D eigenvalue weighted by atomic mass is 16.1. The number of aliphatic imine (C=N–C) groups is 1. The third kappa shape index (κ3) is 2.50. The summed E-state index contributed by atoms with van der Waals surface area (Å²) in [5.41, 5.74) is 1.30. The van der Waals surface area contributed by atoms with Gasteiger partial charge in [0.2, 0.25) is 0 Å². The summed E-state index contributed by atoms with van der Waals surface area (Å²) < 4.78 is 0. The van der Waals surface area contributed by atoms with E-state index in [4.69, 9.17) is 0 Å². The molecule has 0 unspecified atom stereocenters. The van der Waals surface area contributed by atoms with Crippen molar-refractivity contribution in [2.75, 3.05) is 0 Å². The predicted molar refractivity (Wildman–Crippen MR) is 59.8 cm³/mol. The molecule has 2 heteroatoms. The minimum Gasteiger partial charge on any atom is -0.267 e. The van der Waals surface area contributed by atoms with E-state index in [-0.39, 0.29) is 5.91 Å². The van der Waals surface area contributed by atoms with Crippen molar-refractivity contribution >= 4 is 11.6 Å². The van der Waals surface area contributed by atoms with Crippen LogP contribution in [-0.4, -0.2) is 11.6 Å². The predicted octanol–water partition coefficient (Wildman–Crippen LogP) is 2.59. The van der Waals surface area contributed by atoms with Gasteiger partial charge >= 0.3 is 0 Å². The first-order chi connectivity index (χ1) is 7.36. The van der Waals surface area contributed by atoms with Crippen molar-refractivity contribution in [3.8, 4) is 0 Å². The number of hydrogen-bond donors (Lipinski definition) is 0. The van der Waals surface area contributed by atoms with Gasteiger partial charge in [-0.25, -0.2) is 4.99 Å². The number of hydrogen-bond acceptors (Lipinski definition) is 1. The van der Waals surface area contributed by atoms with Crippen LogP contribution >= 0.6 is 0 Å². The first-order valence-corrected chi connectivity index (χ1v) is 4.78. The molecule has 0 bridgehead atoms. The monoisotopic (exact) mass is 196 g/mol. The van der Waals surface area contributed by atoms with Gasteiger partial charge in [-0.05, 0) is 12.1 Å². The molecule has 15 heavy (non-hydrogen) atoms. The Morgan fingerprint density at radius 3 is 2.73 bits per heavy atom. The van der Waals surface area contributed by atoms with Gasteiger partial charge in [0, 0.05) is 18.1 Å². The molecule has 1 amide bonds. The Morgan fingerprint density at radius 1 is 1.27 bits per heavy atom. The van der Waals surface area contributed by atoms with Gasteiger partial charge in [0.25, 0.3) is 5.91 Å². The highest BCUT2D eigenvalue weighted by Crippen LogP contribution is 2.04. The first-order valence-electron chi connectivity index (χ1n) is 4.78. The number of benzene rings is 1. The van der Waals surface area contributed by atoms with Crippen LogP contribution in [0.15, 0.2) is 53.6 Å². The highest BCUT2D eigenvalue weighted by molar-refractivity contribution is 6.06. The summed E-state index contributed by atoms with van der Waals surface area (Å²) in [5, 5.41) is 0. The molecule has 2 nitrogen and oxygen atoms in total. The van der Waals surface area contributed by atoms with Gasteiger partial charge in [-0.15, -0.1) is 0 Å². The van der Waals surface area contributed by atoms with E-state index in [2.05, 4.69) is 11.1 Å². The lowest BCUT2D eigenvalue weighted by Gasteiger charge is -1.99. The van der Waals surface area contributed by atoms with Crippen molar-refractivity contribution in [3.05, 3.63) is 60.2 Å². The molecule has 1 aromatic carbocycles. The number of allylic oxidation sites excluding steroid dienone is 4. The Morgan fingerprint density at radius 2 is 2.07 bits per heavy atom. The molecule has 0 saturated heterocycles. The molecule has 1 aliphatic rings. The molecule has 0 fully saturated rings. The smallest absolute Gasteiger partial charge is 0.267 e. The zero-order valence-corrected chi connectivity index (χ0v) is 8.18. The van der Waals surface area contributed by atoms with E-state index in [1.165, 1.54) is 0 Å². The molecule has 1 radical (unpaired) electrons. The minimum atomic E-state index is -0.207. The van der Waals surface area contributed by atoms with E-state index in [0.29, 0.717) is 17.7 Å². The Hall–Kier alpha value is -1.96.